The number of rotatable bonds is 7. The first kappa shape index (κ1) is 22.3. The number of anilines is 2. The number of carbonyl (C=O) groups excluding carboxylic acids is 1. The van der Waals surface area contributed by atoms with Crippen LogP contribution < -0.4 is 10.2 Å². The van der Waals surface area contributed by atoms with Crippen molar-refractivity contribution in [2.75, 3.05) is 56.7 Å². The predicted octanol–water partition coefficient (Wildman–Crippen LogP) is 3.22. The van der Waals surface area contributed by atoms with E-state index in [0.29, 0.717) is 19.3 Å². The molecule has 1 aromatic heterocycles. The van der Waals surface area contributed by atoms with Crippen LogP contribution in [0.3, 0.4) is 0 Å². The Balaban J connectivity index is 1.33. The molecule has 4 heterocycles. The Morgan fingerprint density at radius 3 is 2.77 bits per heavy atom. The molecule has 0 aromatic carbocycles. The second kappa shape index (κ2) is 9.74. The molecule has 0 saturated carbocycles. The summed E-state index contributed by atoms with van der Waals surface area (Å²) in [4.78, 5) is 22.4. The lowest BCUT2D eigenvalue weighted by Crippen LogP contribution is -2.39. The van der Waals surface area contributed by atoms with Crippen LogP contribution >= 0.6 is 0 Å². The van der Waals surface area contributed by atoms with Crippen LogP contribution in [0, 0.1) is 12.3 Å². The first-order chi connectivity index (χ1) is 15.0. The van der Waals surface area contributed by atoms with Crippen LogP contribution in [0.2, 0.25) is 0 Å². The molecule has 0 spiro atoms. The fraction of sp³-hybridized carbons (Fsp3) is 0.750. The zero-order chi connectivity index (χ0) is 21.8. The SMILES string of the molecule is COC(=O)C1(CCNc2ccc(N3CC[C@@H](N4CCC[C@H]4C)C3)nc2C)CCOCC1. The summed E-state index contributed by atoms with van der Waals surface area (Å²) in [5.41, 5.74) is 1.62. The molecular formula is C24H38N4O3. The van der Waals surface area contributed by atoms with E-state index in [4.69, 9.17) is 14.5 Å². The normalized spacial score (nSPS) is 26.2. The van der Waals surface area contributed by atoms with Crippen molar-refractivity contribution >= 4 is 17.5 Å². The molecule has 0 aliphatic carbocycles. The Bertz CT molecular complexity index is 765. The highest BCUT2D eigenvalue weighted by Crippen LogP contribution is 2.36. The fourth-order valence-corrected chi connectivity index (χ4v) is 5.60. The Morgan fingerprint density at radius 2 is 2.10 bits per heavy atom. The maximum Gasteiger partial charge on any atom is 0.312 e. The molecule has 3 aliphatic heterocycles. The van der Waals surface area contributed by atoms with Gasteiger partial charge in [0.2, 0.25) is 0 Å². The Morgan fingerprint density at radius 1 is 1.29 bits per heavy atom. The number of hydrogen-bond donors (Lipinski definition) is 1. The number of methoxy groups -OCH3 is 1. The van der Waals surface area contributed by atoms with E-state index in [2.05, 4.69) is 41.1 Å². The van der Waals surface area contributed by atoms with Gasteiger partial charge in [-0.2, -0.15) is 0 Å². The van der Waals surface area contributed by atoms with Crippen LogP contribution in [-0.2, 0) is 14.3 Å². The van der Waals surface area contributed by atoms with Crippen LogP contribution in [0.25, 0.3) is 0 Å². The Labute approximate surface area is 186 Å². The molecule has 0 amide bonds. The largest absolute Gasteiger partial charge is 0.469 e. The summed E-state index contributed by atoms with van der Waals surface area (Å²) in [6.45, 7) is 9.79. The third-order valence-electron chi connectivity index (χ3n) is 7.62. The van der Waals surface area contributed by atoms with E-state index in [1.54, 1.807) is 0 Å². The molecule has 0 bridgehead atoms. The predicted molar refractivity (Wildman–Crippen MR) is 123 cm³/mol. The minimum atomic E-state index is -0.432. The highest BCUT2D eigenvalue weighted by molar-refractivity contribution is 5.77. The zero-order valence-corrected chi connectivity index (χ0v) is 19.4. The molecule has 3 fully saturated rings. The summed E-state index contributed by atoms with van der Waals surface area (Å²) in [6, 6.07) is 5.65. The molecule has 1 aromatic rings. The minimum Gasteiger partial charge on any atom is -0.469 e. The van der Waals surface area contributed by atoms with E-state index in [0.717, 1.165) is 62.1 Å². The number of carbonyl (C=O) groups is 1. The van der Waals surface area contributed by atoms with E-state index < -0.39 is 5.41 Å². The number of nitrogens with zero attached hydrogens (tertiary/aromatic N) is 3. The van der Waals surface area contributed by atoms with Gasteiger partial charge in [0.15, 0.2) is 0 Å². The average molecular weight is 431 g/mol. The molecule has 3 aliphatic rings. The number of hydrogen-bond acceptors (Lipinski definition) is 7. The lowest BCUT2D eigenvalue weighted by molar-refractivity contribution is -0.159. The maximum absolute atomic E-state index is 12.4. The summed E-state index contributed by atoms with van der Waals surface area (Å²) in [5.74, 6) is 0.964. The van der Waals surface area contributed by atoms with Crippen LogP contribution in [0.1, 0.15) is 51.1 Å². The highest BCUT2D eigenvalue weighted by Gasteiger charge is 2.40. The second-order valence-corrected chi connectivity index (χ2v) is 9.48. The standard InChI is InChI=1S/C24H38N4O3/c1-18-5-4-13-28(18)20-8-14-27(17-20)22-7-6-21(19(2)26-22)25-12-9-24(23(29)30-3)10-15-31-16-11-24/h6-7,18,20,25H,4-5,8-17H2,1-3H3/t18-,20-/m1/s1. The van der Waals surface area contributed by atoms with E-state index in [1.165, 1.54) is 32.9 Å². The molecule has 3 saturated heterocycles. The van der Waals surface area contributed by atoms with Crippen molar-refractivity contribution in [1.29, 1.82) is 0 Å². The molecule has 31 heavy (non-hydrogen) atoms. The number of ether oxygens (including phenoxy) is 2. The van der Waals surface area contributed by atoms with Crippen molar-refractivity contribution in [3.05, 3.63) is 17.8 Å². The fourth-order valence-electron chi connectivity index (χ4n) is 5.60. The number of aryl methyl sites for hydroxylation is 1. The van der Waals surface area contributed by atoms with Gasteiger partial charge in [0.1, 0.15) is 5.82 Å². The zero-order valence-electron chi connectivity index (χ0n) is 19.4. The third kappa shape index (κ3) is 4.82. The van der Waals surface area contributed by atoms with E-state index in [-0.39, 0.29) is 5.97 Å². The topological polar surface area (TPSA) is 66.9 Å². The van der Waals surface area contributed by atoms with Crippen molar-refractivity contribution in [3.63, 3.8) is 0 Å². The van der Waals surface area contributed by atoms with Gasteiger partial charge in [-0.3, -0.25) is 9.69 Å². The van der Waals surface area contributed by atoms with Crippen molar-refractivity contribution in [2.45, 2.75) is 64.5 Å². The van der Waals surface area contributed by atoms with E-state index in [9.17, 15) is 4.79 Å². The third-order valence-corrected chi connectivity index (χ3v) is 7.62. The van der Waals surface area contributed by atoms with Gasteiger partial charge in [0.05, 0.1) is 23.9 Å². The van der Waals surface area contributed by atoms with Crippen molar-refractivity contribution < 1.29 is 14.3 Å². The summed E-state index contributed by atoms with van der Waals surface area (Å²) >= 11 is 0. The van der Waals surface area contributed by atoms with Crippen LogP contribution in [0.15, 0.2) is 12.1 Å². The second-order valence-electron chi connectivity index (χ2n) is 9.48. The molecular weight excluding hydrogens is 392 g/mol. The van der Waals surface area contributed by atoms with Gasteiger partial charge in [0.25, 0.3) is 0 Å². The molecule has 4 rings (SSSR count). The monoisotopic (exact) mass is 430 g/mol. The first-order valence-corrected chi connectivity index (χ1v) is 11.9. The van der Waals surface area contributed by atoms with Gasteiger partial charge in [-0.15, -0.1) is 0 Å². The molecule has 2 atom stereocenters. The molecule has 7 heteroatoms. The summed E-state index contributed by atoms with van der Waals surface area (Å²) < 4.78 is 10.6. The van der Waals surface area contributed by atoms with Gasteiger partial charge in [-0.05, 0) is 71.0 Å². The van der Waals surface area contributed by atoms with Crippen LogP contribution in [-0.4, -0.2) is 74.4 Å². The van der Waals surface area contributed by atoms with Crippen molar-refractivity contribution in [3.8, 4) is 0 Å². The highest BCUT2D eigenvalue weighted by atomic mass is 16.5. The summed E-state index contributed by atoms with van der Waals surface area (Å²) in [6.07, 6.45) is 6.08. The molecule has 0 unspecified atom stereocenters. The first-order valence-electron chi connectivity index (χ1n) is 11.9. The minimum absolute atomic E-state index is 0.112. The van der Waals surface area contributed by atoms with Gasteiger partial charge >= 0.3 is 5.97 Å². The number of esters is 1. The average Bonchev–Trinajstić information content (AvgIpc) is 3.44. The maximum atomic E-state index is 12.4. The number of aromatic nitrogens is 1. The summed E-state index contributed by atoms with van der Waals surface area (Å²) in [5, 5.41) is 3.50. The van der Waals surface area contributed by atoms with E-state index in [1.807, 2.05) is 0 Å². The quantitative estimate of drug-likeness (QED) is 0.666. The number of pyridine rings is 1. The lowest BCUT2D eigenvalue weighted by Gasteiger charge is -2.34. The molecule has 0 radical (unpaired) electrons. The number of nitrogens with one attached hydrogen (secondary N) is 1. The van der Waals surface area contributed by atoms with Gasteiger partial charge < -0.3 is 19.7 Å². The Kier molecular flexibility index (Phi) is 7.02. The van der Waals surface area contributed by atoms with Crippen LogP contribution in [0.5, 0.6) is 0 Å². The molecule has 172 valence electrons. The number of likely N-dealkylation sites (tertiary alicyclic amines) is 1. The molecule has 7 nitrogen and oxygen atoms in total. The van der Waals surface area contributed by atoms with Gasteiger partial charge in [0, 0.05) is 44.9 Å². The van der Waals surface area contributed by atoms with Crippen molar-refractivity contribution in [2.24, 2.45) is 5.41 Å². The van der Waals surface area contributed by atoms with Gasteiger partial charge in [-0.1, -0.05) is 0 Å². The van der Waals surface area contributed by atoms with E-state index >= 15 is 0 Å². The van der Waals surface area contributed by atoms with Crippen LogP contribution in [0.4, 0.5) is 11.5 Å². The Hall–Kier alpha value is -1.86. The molecule has 1 N–H and O–H groups in total. The van der Waals surface area contributed by atoms with Gasteiger partial charge in [-0.25, -0.2) is 4.98 Å². The lowest BCUT2D eigenvalue weighted by atomic mass is 9.77. The smallest absolute Gasteiger partial charge is 0.312 e. The summed E-state index contributed by atoms with van der Waals surface area (Å²) in [7, 11) is 1.48. The van der Waals surface area contributed by atoms with Crippen molar-refractivity contribution in [1.82, 2.24) is 9.88 Å².